The number of anilines is 2. The van der Waals surface area contributed by atoms with E-state index >= 15 is 0 Å². The summed E-state index contributed by atoms with van der Waals surface area (Å²) >= 11 is 0. The fourth-order valence-electron chi connectivity index (χ4n) is 1.99. The Hall–Kier alpha value is -1.59. The summed E-state index contributed by atoms with van der Waals surface area (Å²) in [6.07, 6.45) is 0. The van der Waals surface area contributed by atoms with Gasteiger partial charge in [-0.25, -0.2) is 0 Å². The van der Waals surface area contributed by atoms with Gasteiger partial charge in [0.15, 0.2) is 0 Å². The lowest BCUT2D eigenvalue weighted by Gasteiger charge is -2.16. The maximum absolute atomic E-state index is 5.66. The maximum atomic E-state index is 5.66. The van der Waals surface area contributed by atoms with E-state index < -0.39 is 0 Å². The second-order valence-corrected chi connectivity index (χ2v) is 4.57. The van der Waals surface area contributed by atoms with Crippen molar-refractivity contribution in [2.45, 2.75) is 20.8 Å². The molecule has 0 spiro atoms. The van der Waals surface area contributed by atoms with Gasteiger partial charge < -0.3 is 15.4 Å². The zero-order valence-corrected chi connectivity index (χ0v) is 10.6. The number of rotatable bonds is 3. The number of nitrogens with two attached hydrogens (primary N) is 1. The van der Waals surface area contributed by atoms with Crippen molar-refractivity contribution in [1.29, 1.82) is 0 Å². The van der Waals surface area contributed by atoms with Gasteiger partial charge in [0.05, 0.1) is 6.61 Å². The summed E-state index contributed by atoms with van der Waals surface area (Å²) in [5.41, 5.74) is 5.66. The molecule has 2 unspecified atom stereocenters. The van der Waals surface area contributed by atoms with E-state index in [9.17, 15) is 0 Å². The number of hydrogen-bond donors (Lipinski definition) is 1. The van der Waals surface area contributed by atoms with E-state index in [1.54, 1.807) is 0 Å². The summed E-state index contributed by atoms with van der Waals surface area (Å²) < 4.78 is 5.27. The van der Waals surface area contributed by atoms with Crippen molar-refractivity contribution < 1.29 is 4.74 Å². The van der Waals surface area contributed by atoms with Crippen LogP contribution < -0.4 is 15.4 Å². The molecule has 1 aliphatic heterocycles. The molecule has 2 heterocycles. The lowest BCUT2D eigenvalue weighted by atomic mass is 10.0. The summed E-state index contributed by atoms with van der Waals surface area (Å²) in [6.45, 7) is 8.79. The Kier molecular flexibility index (Phi) is 3.31. The average molecular weight is 237 g/mol. The largest absolute Gasteiger partial charge is 0.464 e. The molecule has 2 atom stereocenters. The van der Waals surface area contributed by atoms with Crippen molar-refractivity contribution in [2.75, 3.05) is 30.3 Å². The van der Waals surface area contributed by atoms with Gasteiger partial charge in [-0.2, -0.15) is 15.0 Å². The monoisotopic (exact) mass is 237 g/mol. The first-order valence-electron chi connectivity index (χ1n) is 5.99. The summed E-state index contributed by atoms with van der Waals surface area (Å²) in [6, 6.07) is 0.308. The molecule has 1 aromatic rings. The van der Waals surface area contributed by atoms with Gasteiger partial charge in [-0.05, 0) is 18.8 Å². The fourth-order valence-corrected chi connectivity index (χ4v) is 1.99. The third kappa shape index (κ3) is 2.57. The molecule has 17 heavy (non-hydrogen) atoms. The minimum Gasteiger partial charge on any atom is -0.464 e. The van der Waals surface area contributed by atoms with Gasteiger partial charge in [0.25, 0.3) is 0 Å². The minimum atomic E-state index is 0.214. The number of hydrogen-bond acceptors (Lipinski definition) is 6. The van der Waals surface area contributed by atoms with Gasteiger partial charge in [-0.15, -0.1) is 0 Å². The van der Waals surface area contributed by atoms with Crippen molar-refractivity contribution in [3.05, 3.63) is 0 Å². The topological polar surface area (TPSA) is 77.2 Å². The van der Waals surface area contributed by atoms with Gasteiger partial charge in [-0.3, -0.25) is 0 Å². The highest BCUT2D eigenvalue weighted by Gasteiger charge is 2.28. The molecule has 2 N–H and O–H groups in total. The van der Waals surface area contributed by atoms with Gasteiger partial charge in [-0.1, -0.05) is 13.8 Å². The molecule has 0 saturated carbocycles. The molecule has 0 amide bonds. The van der Waals surface area contributed by atoms with E-state index in [4.69, 9.17) is 10.5 Å². The highest BCUT2D eigenvalue weighted by molar-refractivity contribution is 5.37. The summed E-state index contributed by atoms with van der Waals surface area (Å²) in [5.74, 6) is 2.12. The van der Waals surface area contributed by atoms with Crippen molar-refractivity contribution in [3.8, 4) is 6.01 Å². The molecule has 0 bridgehead atoms. The minimum absolute atomic E-state index is 0.214. The number of nitrogens with zero attached hydrogens (tertiary/aromatic N) is 4. The van der Waals surface area contributed by atoms with E-state index in [-0.39, 0.29) is 5.95 Å². The van der Waals surface area contributed by atoms with Crippen LogP contribution in [0.4, 0.5) is 11.9 Å². The molecule has 94 valence electrons. The Balaban J connectivity index is 2.20. The SMILES string of the molecule is CCOc1nc(N)nc(N2CC(C)C(C)C2)n1. The summed E-state index contributed by atoms with van der Waals surface area (Å²) in [7, 11) is 0. The van der Waals surface area contributed by atoms with E-state index in [0.717, 1.165) is 13.1 Å². The Morgan fingerprint density at radius 1 is 1.24 bits per heavy atom. The molecule has 1 fully saturated rings. The lowest BCUT2D eigenvalue weighted by Crippen LogP contribution is -2.23. The quantitative estimate of drug-likeness (QED) is 0.843. The van der Waals surface area contributed by atoms with E-state index in [0.29, 0.717) is 30.4 Å². The van der Waals surface area contributed by atoms with Crippen LogP contribution in [-0.2, 0) is 0 Å². The molecule has 2 rings (SSSR count). The van der Waals surface area contributed by atoms with Crippen LogP contribution in [-0.4, -0.2) is 34.6 Å². The number of aromatic nitrogens is 3. The van der Waals surface area contributed by atoms with Crippen LogP contribution in [0.3, 0.4) is 0 Å². The van der Waals surface area contributed by atoms with Crippen LogP contribution in [0.15, 0.2) is 0 Å². The van der Waals surface area contributed by atoms with Crippen molar-refractivity contribution in [1.82, 2.24) is 15.0 Å². The van der Waals surface area contributed by atoms with Gasteiger partial charge >= 0.3 is 6.01 Å². The van der Waals surface area contributed by atoms with Gasteiger partial charge in [0.2, 0.25) is 11.9 Å². The molecule has 6 heteroatoms. The third-order valence-electron chi connectivity index (χ3n) is 3.16. The maximum Gasteiger partial charge on any atom is 0.323 e. The first-order valence-corrected chi connectivity index (χ1v) is 5.99. The molecule has 0 radical (unpaired) electrons. The van der Waals surface area contributed by atoms with Crippen LogP contribution >= 0.6 is 0 Å². The third-order valence-corrected chi connectivity index (χ3v) is 3.16. The Morgan fingerprint density at radius 3 is 2.47 bits per heavy atom. The fraction of sp³-hybridized carbons (Fsp3) is 0.727. The molecule has 1 aromatic heterocycles. The predicted octanol–water partition coefficient (Wildman–Crippen LogP) is 0.945. The second kappa shape index (κ2) is 4.73. The number of nitrogen functional groups attached to an aromatic ring is 1. The molecular weight excluding hydrogens is 218 g/mol. The summed E-state index contributed by atoms with van der Waals surface area (Å²) in [4.78, 5) is 14.5. The van der Waals surface area contributed by atoms with Crippen LogP contribution in [0.1, 0.15) is 20.8 Å². The highest BCUT2D eigenvalue weighted by Crippen LogP contribution is 2.26. The van der Waals surface area contributed by atoms with Crippen LogP contribution in [0.2, 0.25) is 0 Å². The van der Waals surface area contributed by atoms with Crippen molar-refractivity contribution in [2.24, 2.45) is 11.8 Å². The van der Waals surface area contributed by atoms with Crippen LogP contribution in [0, 0.1) is 11.8 Å². The average Bonchev–Trinajstić information content (AvgIpc) is 2.59. The van der Waals surface area contributed by atoms with E-state index in [1.165, 1.54) is 0 Å². The predicted molar refractivity (Wildman–Crippen MR) is 65.9 cm³/mol. The van der Waals surface area contributed by atoms with Crippen molar-refractivity contribution in [3.63, 3.8) is 0 Å². The Bertz CT molecular complexity index is 387. The van der Waals surface area contributed by atoms with E-state index in [1.807, 2.05) is 6.92 Å². The Labute approximate surface area is 101 Å². The molecule has 0 aliphatic carbocycles. The number of ether oxygens (including phenoxy) is 1. The first kappa shape index (κ1) is 11.9. The summed E-state index contributed by atoms with van der Waals surface area (Å²) in [5, 5.41) is 0. The van der Waals surface area contributed by atoms with Gasteiger partial charge in [0.1, 0.15) is 0 Å². The van der Waals surface area contributed by atoms with Crippen molar-refractivity contribution >= 4 is 11.9 Å². The smallest absolute Gasteiger partial charge is 0.323 e. The van der Waals surface area contributed by atoms with Crippen LogP contribution in [0.25, 0.3) is 0 Å². The molecule has 1 saturated heterocycles. The molecule has 1 aliphatic rings. The molecular formula is C11H19N5O. The second-order valence-electron chi connectivity index (χ2n) is 4.57. The first-order chi connectivity index (χ1) is 8.10. The lowest BCUT2D eigenvalue weighted by molar-refractivity contribution is 0.312. The normalized spacial score (nSPS) is 24.1. The van der Waals surface area contributed by atoms with Gasteiger partial charge in [0, 0.05) is 13.1 Å². The Morgan fingerprint density at radius 2 is 1.88 bits per heavy atom. The highest BCUT2D eigenvalue weighted by atomic mass is 16.5. The standard InChI is InChI=1S/C11H19N5O/c1-4-17-11-14-9(12)13-10(15-11)16-5-7(2)8(3)6-16/h7-8H,4-6H2,1-3H3,(H2,12,13,14,15). The zero-order valence-electron chi connectivity index (χ0n) is 10.6. The van der Waals surface area contributed by atoms with Crippen LogP contribution in [0.5, 0.6) is 6.01 Å². The zero-order chi connectivity index (χ0) is 12.4. The molecule has 0 aromatic carbocycles. The van der Waals surface area contributed by atoms with E-state index in [2.05, 4.69) is 33.7 Å². The molecule has 6 nitrogen and oxygen atoms in total.